The van der Waals surface area contributed by atoms with Crippen LogP contribution in [0.2, 0.25) is 0 Å². The minimum atomic E-state index is -1.19. The maximum atomic E-state index is 12.1. The molecule has 0 bridgehead atoms. The molecule has 0 saturated heterocycles. The van der Waals surface area contributed by atoms with Gasteiger partial charge in [-0.1, -0.05) is 48.5 Å². The first-order valence-corrected chi connectivity index (χ1v) is 8.94. The number of ether oxygens (including phenoxy) is 1. The monoisotopic (exact) mass is 369 g/mol. The van der Waals surface area contributed by atoms with Crippen molar-refractivity contribution in [3.63, 3.8) is 0 Å². The van der Waals surface area contributed by atoms with Gasteiger partial charge in [-0.25, -0.2) is 4.79 Å². The van der Waals surface area contributed by atoms with E-state index in [2.05, 4.69) is 11.9 Å². The van der Waals surface area contributed by atoms with Crippen molar-refractivity contribution in [2.24, 2.45) is 5.41 Å². The summed E-state index contributed by atoms with van der Waals surface area (Å²) < 4.78 is 5.23. The number of hydrogen-bond donors (Lipinski definition) is 2. The Hall–Kier alpha value is -2.82. The third kappa shape index (κ3) is 5.58. The van der Waals surface area contributed by atoms with Crippen molar-refractivity contribution in [2.75, 3.05) is 6.54 Å². The summed E-state index contributed by atoms with van der Waals surface area (Å²) in [6.07, 6.45) is 1.45. The lowest BCUT2D eigenvalue weighted by Crippen LogP contribution is -2.45. The zero-order valence-electron chi connectivity index (χ0n) is 16.1. The summed E-state index contributed by atoms with van der Waals surface area (Å²) in [6, 6.07) is 13.8. The van der Waals surface area contributed by atoms with Gasteiger partial charge in [0.1, 0.15) is 5.60 Å². The number of hydrogen-bond acceptors (Lipinski definition) is 3. The van der Waals surface area contributed by atoms with Crippen molar-refractivity contribution in [3.05, 3.63) is 60.7 Å². The number of amides is 1. The third-order valence-corrected chi connectivity index (χ3v) is 4.32. The number of carboxylic acid groups (broad SMARTS) is 1. The van der Waals surface area contributed by atoms with Crippen molar-refractivity contribution >= 4 is 22.8 Å². The molecule has 2 N–H and O–H groups in total. The van der Waals surface area contributed by atoms with Crippen LogP contribution in [0.25, 0.3) is 10.8 Å². The highest BCUT2D eigenvalue weighted by Gasteiger charge is 2.38. The largest absolute Gasteiger partial charge is 0.481 e. The van der Waals surface area contributed by atoms with Crippen molar-refractivity contribution in [2.45, 2.75) is 39.2 Å². The molecule has 5 heteroatoms. The summed E-state index contributed by atoms with van der Waals surface area (Å²) in [5.41, 5.74) is -0.947. The Morgan fingerprint density at radius 1 is 1.15 bits per heavy atom. The Kier molecular flexibility index (Phi) is 6.26. The lowest BCUT2D eigenvalue weighted by Gasteiger charge is -2.29. The lowest BCUT2D eigenvalue weighted by atomic mass is 9.78. The number of nitrogens with one attached hydrogen (secondary N) is 1. The number of fused-ring (bicyclic) bond motifs is 1. The SMILES string of the molecule is C=CC[C@@](CNC(=O)OC(C)(C)C)(Cc1ccc2ccccc2c1)C(=O)O. The van der Waals surface area contributed by atoms with Gasteiger partial charge in [0.2, 0.25) is 0 Å². The van der Waals surface area contributed by atoms with Crippen molar-refractivity contribution in [1.29, 1.82) is 0 Å². The first-order valence-electron chi connectivity index (χ1n) is 8.94. The van der Waals surface area contributed by atoms with E-state index in [1.165, 1.54) is 0 Å². The maximum absolute atomic E-state index is 12.1. The Morgan fingerprint density at radius 3 is 2.41 bits per heavy atom. The molecule has 0 aliphatic heterocycles. The van der Waals surface area contributed by atoms with Crippen LogP contribution in [0.4, 0.5) is 4.79 Å². The van der Waals surface area contributed by atoms with Crippen molar-refractivity contribution < 1.29 is 19.4 Å². The normalized spacial score (nSPS) is 13.6. The quantitative estimate of drug-likeness (QED) is 0.702. The highest BCUT2D eigenvalue weighted by molar-refractivity contribution is 5.83. The number of carbonyl (C=O) groups is 2. The molecule has 0 aliphatic carbocycles. The van der Waals surface area contributed by atoms with Gasteiger partial charge >= 0.3 is 12.1 Å². The van der Waals surface area contributed by atoms with Crippen LogP contribution in [0.5, 0.6) is 0 Å². The van der Waals surface area contributed by atoms with Gasteiger partial charge in [0.15, 0.2) is 0 Å². The van der Waals surface area contributed by atoms with Crippen LogP contribution in [0.1, 0.15) is 32.8 Å². The summed E-state index contributed by atoms with van der Waals surface area (Å²) in [7, 11) is 0. The van der Waals surface area contributed by atoms with E-state index in [0.29, 0.717) is 0 Å². The summed E-state index contributed by atoms with van der Waals surface area (Å²) in [5, 5.41) is 14.7. The van der Waals surface area contributed by atoms with Gasteiger partial charge in [0.25, 0.3) is 0 Å². The van der Waals surface area contributed by atoms with Gasteiger partial charge in [-0.3, -0.25) is 4.79 Å². The van der Waals surface area contributed by atoms with E-state index in [1.807, 2.05) is 42.5 Å². The molecule has 0 heterocycles. The van der Waals surface area contributed by atoms with E-state index < -0.39 is 23.1 Å². The number of alkyl carbamates (subject to hydrolysis) is 1. The van der Waals surface area contributed by atoms with Gasteiger partial charge in [-0.2, -0.15) is 0 Å². The van der Waals surface area contributed by atoms with Crippen LogP contribution in [0.3, 0.4) is 0 Å². The van der Waals surface area contributed by atoms with Crippen LogP contribution >= 0.6 is 0 Å². The van der Waals surface area contributed by atoms with Crippen LogP contribution in [0, 0.1) is 5.41 Å². The highest BCUT2D eigenvalue weighted by Crippen LogP contribution is 2.29. The van der Waals surface area contributed by atoms with E-state index in [4.69, 9.17) is 4.74 Å². The number of allylic oxidation sites excluding steroid dienone is 1. The maximum Gasteiger partial charge on any atom is 0.407 e. The number of benzene rings is 2. The van der Waals surface area contributed by atoms with E-state index in [1.54, 1.807) is 26.8 Å². The molecule has 2 aromatic carbocycles. The Labute approximate surface area is 160 Å². The fourth-order valence-electron chi connectivity index (χ4n) is 3.02. The molecule has 2 rings (SSSR count). The molecule has 1 amide bonds. The summed E-state index contributed by atoms with van der Waals surface area (Å²) in [4.78, 5) is 24.1. The van der Waals surface area contributed by atoms with Gasteiger partial charge in [-0.05, 0) is 49.9 Å². The second-order valence-corrected chi connectivity index (χ2v) is 7.79. The number of aliphatic carboxylic acids is 1. The first-order chi connectivity index (χ1) is 12.6. The smallest absolute Gasteiger partial charge is 0.407 e. The number of carbonyl (C=O) groups excluding carboxylic acids is 1. The number of carboxylic acids is 1. The molecule has 0 unspecified atom stereocenters. The molecular weight excluding hydrogens is 342 g/mol. The van der Waals surface area contributed by atoms with E-state index >= 15 is 0 Å². The fourth-order valence-corrected chi connectivity index (χ4v) is 3.02. The van der Waals surface area contributed by atoms with Crippen LogP contribution in [-0.4, -0.2) is 29.3 Å². The Bertz CT molecular complexity index is 838. The predicted molar refractivity (Wildman–Crippen MR) is 107 cm³/mol. The summed E-state index contributed by atoms with van der Waals surface area (Å²) >= 11 is 0. The predicted octanol–water partition coefficient (Wildman–Crippen LogP) is 4.55. The molecule has 0 aliphatic rings. The zero-order chi connectivity index (χ0) is 20.1. The molecule has 0 saturated carbocycles. The van der Waals surface area contributed by atoms with E-state index in [-0.39, 0.29) is 19.4 Å². The lowest BCUT2D eigenvalue weighted by molar-refractivity contribution is -0.148. The average molecular weight is 369 g/mol. The highest BCUT2D eigenvalue weighted by atomic mass is 16.6. The van der Waals surface area contributed by atoms with Crippen molar-refractivity contribution in [3.8, 4) is 0 Å². The first kappa shape index (κ1) is 20.5. The molecule has 0 radical (unpaired) electrons. The molecule has 0 aromatic heterocycles. The summed E-state index contributed by atoms with van der Waals surface area (Å²) in [6.45, 7) is 8.93. The van der Waals surface area contributed by atoms with Crippen LogP contribution in [-0.2, 0) is 16.0 Å². The van der Waals surface area contributed by atoms with Gasteiger partial charge in [0.05, 0.1) is 5.41 Å². The van der Waals surface area contributed by atoms with Crippen LogP contribution < -0.4 is 5.32 Å². The summed E-state index contributed by atoms with van der Waals surface area (Å²) in [5.74, 6) is -0.980. The molecule has 144 valence electrons. The van der Waals surface area contributed by atoms with E-state index in [0.717, 1.165) is 16.3 Å². The minimum absolute atomic E-state index is 0.0455. The van der Waals surface area contributed by atoms with Gasteiger partial charge in [-0.15, -0.1) is 6.58 Å². The Balaban J connectivity index is 2.25. The molecule has 1 atom stereocenters. The minimum Gasteiger partial charge on any atom is -0.481 e. The fraction of sp³-hybridized carbons (Fsp3) is 0.364. The second-order valence-electron chi connectivity index (χ2n) is 7.79. The third-order valence-electron chi connectivity index (χ3n) is 4.32. The standard InChI is InChI=1S/C22H27NO4/c1-5-12-22(19(24)25,15-23-20(26)27-21(2,3)4)14-16-10-11-17-8-6-7-9-18(17)13-16/h5-11,13H,1,12,14-15H2,2-4H3,(H,23,26)(H,24,25)/t22-/m0/s1. The molecule has 0 fully saturated rings. The molecular formula is C22H27NO4. The Morgan fingerprint density at radius 2 is 1.81 bits per heavy atom. The van der Waals surface area contributed by atoms with Crippen molar-refractivity contribution in [1.82, 2.24) is 5.32 Å². The van der Waals surface area contributed by atoms with Crippen LogP contribution in [0.15, 0.2) is 55.1 Å². The van der Waals surface area contributed by atoms with Gasteiger partial charge < -0.3 is 15.2 Å². The average Bonchev–Trinajstić information content (AvgIpc) is 2.58. The zero-order valence-corrected chi connectivity index (χ0v) is 16.1. The van der Waals surface area contributed by atoms with E-state index in [9.17, 15) is 14.7 Å². The second kappa shape index (κ2) is 8.25. The molecule has 27 heavy (non-hydrogen) atoms. The topological polar surface area (TPSA) is 75.6 Å². The molecule has 0 spiro atoms. The molecule has 2 aromatic rings. The number of rotatable bonds is 7. The van der Waals surface area contributed by atoms with Gasteiger partial charge in [0, 0.05) is 6.54 Å². The molecule has 5 nitrogen and oxygen atoms in total.